The Morgan fingerprint density at radius 2 is 1.88 bits per heavy atom. The van der Waals surface area contributed by atoms with E-state index < -0.39 is 0 Å². The van der Waals surface area contributed by atoms with Crippen molar-refractivity contribution in [2.45, 2.75) is 45.7 Å². The van der Waals surface area contributed by atoms with E-state index >= 15 is 0 Å². The number of carbonyl (C=O) groups is 3. The number of benzene rings is 2. The van der Waals surface area contributed by atoms with Crippen molar-refractivity contribution >= 4 is 34.6 Å². The van der Waals surface area contributed by atoms with E-state index in [0.29, 0.717) is 41.0 Å². The molecule has 2 aliphatic heterocycles. The van der Waals surface area contributed by atoms with E-state index in [9.17, 15) is 14.4 Å². The fraction of sp³-hybridized carbons (Fsp3) is 0.344. The van der Waals surface area contributed by atoms with Crippen LogP contribution in [0.25, 0.3) is 11.1 Å². The Morgan fingerprint density at radius 3 is 2.55 bits per heavy atom. The van der Waals surface area contributed by atoms with Gasteiger partial charge in [0.05, 0.1) is 22.9 Å². The molecule has 3 amide bonds. The van der Waals surface area contributed by atoms with E-state index in [1.54, 1.807) is 36.5 Å². The molecule has 3 atom stereocenters. The third-order valence-corrected chi connectivity index (χ3v) is 7.88. The molecular formula is C32H37N5O3. The predicted octanol–water partition coefficient (Wildman–Crippen LogP) is 4.61. The molecule has 40 heavy (non-hydrogen) atoms. The largest absolute Gasteiger partial charge is 0.361 e. The fourth-order valence-corrected chi connectivity index (χ4v) is 5.86. The molecule has 4 N–H and O–H groups in total. The molecule has 0 saturated carbocycles. The molecule has 2 aliphatic rings. The van der Waals surface area contributed by atoms with Gasteiger partial charge in [0.2, 0.25) is 0 Å². The van der Waals surface area contributed by atoms with Gasteiger partial charge in [0.15, 0.2) is 0 Å². The number of anilines is 1. The van der Waals surface area contributed by atoms with Crippen molar-refractivity contribution in [1.82, 2.24) is 20.5 Å². The van der Waals surface area contributed by atoms with E-state index in [4.69, 9.17) is 0 Å². The summed E-state index contributed by atoms with van der Waals surface area (Å²) in [5.41, 5.74) is 3.62. The number of aromatic amines is 1. The number of aromatic nitrogens is 1. The number of rotatable bonds is 9. The van der Waals surface area contributed by atoms with Gasteiger partial charge in [0.25, 0.3) is 17.7 Å². The van der Waals surface area contributed by atoms with E-state index in [0.717, 1.165) is 31.5 Å². The highest BCUT2D eigenvalue weighted by atomic mass is 16.2. The lowest BCUT2D eigenvalue weighted by Gasteiger charge is -2.21. The Morgan fingerprint density at radius 1 is 1.07 bits per heavy atom. The summed E-state index contributed by atoms with van der Waals surface area (Å²) < 4.78 is 0. The minimum absolute atomic E-state index is 0.140. The van der Waals surface area contributed by atoms with Crippen molar-refractivity contribution < 1.29 is 14.4 Å². The molecular weight excluding hydrogens is 502 g/mol. The molecule has 1 saturated heterocycles. The van der Waals surface area contributed by atoms with Gasteiger partial charge >= 0.3 is 0 Å². The standard InChI is InChI=1S/C32H37N5O3/c1-4-25(22-9-6-5-7-10-22)35-30(38)23-12-13-26-24(18-23)28(32(40)36-26)29(27-11-8-14-33-27)31(39)34-15-16-37-19-20(2)17-21(37)3/h5-14,18,20-21,25,33H,4,15-17,19H2,1-3H3,(H,34,39)(H,35,38)(H,36,40)/b29-28-/t20?,21?,25-/m1/s1. The summed E-state index contributed by atoms with van der Waals surface area (Å²) in [7, 11) is 0. The van der Waals surface area contributed by atoms with Gasteiger partial charge in [0, 0.05) is 48.7 Å². The molecule has 0 bridgehead atoms. The third kappa shape index (κ3) is 5.72. The quantitative estimate of drug-likeness (QED) is 0.298. The van der Waals surface area contributed by atoms with Gasteiger partial charge in [0.1, 0.15) is 0 Å². The predicted molar refractivity (Wildman–Crippen MR) is 157 cm³/mol. The van der Waals surface area contributed by atoms with E-state index in [-0.39, 0.29) is 34.9 Å². The third-order valence-electron chi connectivity index (χ3n) is 7.88. The number of amides is 3. The highest BCUT2D eigenvalue weighted by Crippen LogP contribution is 2.37. The van der Waals surface area contributed by atoms with Crippen LogP contribution >= 0.6 is 0 Å². The van der Waals surface area contributed by atoms with Crippen molar-refractivity contribution in [2.24, 2.45) is 5.92 Å². The van der Waals surface area contributed by atoms with E-state index in [2.05, 4.69) is 39.7 Å². The van der Waals surface area contributed by atoms with Gasteiger partial charge in [-0.3, -0.25) is 19.3 Å². The molecule has 0 spiro atoms. The van der Waals surface area contributed by atoms with Crippen LogP contribution in [0.2, 0.25) is 0 Å². The smallest absolute Gasteiger partial charge is 0.257 e. The van der Waals surface area contributed by atoms with Gasteiger partial charge in [-0.1, -0.05) is 44.2 Å². The molecule has 208 valence electrons. The van der Waals surface area contributed by atoms with Crippen LogP contribution in [0.4, 0.5) is 5.69 Å². The van der Waals surface area contributed by atoms with E-state index in [1.165, 1.54) is 0 Å². The minimum Gasteiger partial charge on any atom is -0.361 e. The van der Waals surface area contributed by atoms with Crippen molar-refractivity contribution in [3.63, 3.8) is 0 Å². The van der Waals surface area contributed by atoms with Crippen molar-refractivity contribution in [1.29, 1.82) is 0 Å². The van der Waals surface area contributed by atoms with Crippen LogP contribution in [0.1, 0.15) is 66.8 Å². The second kappa shape index (κ2) is 11.9. The van der Waals surface area contributed by atoms with Gasteiger partial charge < -0.3 is 20.9 Å². The second-order valence-electron chi connectivity index (χ2n) is 10.8. The Hall–Kier alpha value is -4.17. The zero-order chi connectivity index (χ0) is 28.2. The van der Waals surface area contributed by atoms with Crippen LogP contribution in [-0.4, -0.2) is 53.3 Å². The topological polar surface area (TPSA) is 106 Å². The summed E-state index contributed by atoms with van der Waals surface area (Å²) in [6.07, 6.45) is 3.61. The number of nitrogens with one attached hydrogen (secondary N) is 4. The maximum atomic E-state index is 13.6. The molecule has 3 heterocycles. The van der Waals surface area contributed by atoms with Gasteiger partial charge in [-0.25, -0.2) is 0 Å². The number of fused-ring (bicyclic) bond motifs is 1. The number of likely N-dealkylation sites (tertiary alicyclic amines) is 1. The zero-order valence-electron chi connectivity index (χ0n) is 23.3. The number of nitrogens with zero attached hydrogens (tertiary/aromatic N) is 1. The maximum Gasteiger partial charge on any atom is 0.257 e. The molecule has 1 fully saturated rings. The van der Waals surface area contributed by atoms with E-state index in [1.807, 2.05) is 37.3 Å². The number of hydrogen-bond acceptors (Lipinski definition) is 4. The Balaban J connectivity index is 1.41. The van der Waals surface area contributed by atoms with Crippen LogP contribution in [0.3, 0.4) is 0 Å². The molecule has 1 aromatic heterocycles. The van der Waals surface area contributed by atoms with Crippen molar-refractivity contribution in [2.75, 3.05) is 25.0 Å². The fourth-order valence-electron chi connectivity index (χ4n) is 5.86. The monoisotopic (exact) mass is 539 g/mol. The van der Waals surface area contributed by atoms with Crippen LogP contribution in [0, 0.1) is 5.92 Å². The number of H-pyrrole nitrogens is 1. The molecule has 2 aromatic carbocycles. The Kier molecular flexibility index (Phi) is 8.16. The molecule has 3 aromatic rings. The summed E-state index contributed by atoms with van der Waals surface area (Å²) in [5, 5.41) is 9.01. The summed E-state index contributed by atoms with van der Waals surface area (Å²) in [4.78, 5) is 45.6. The summed E-state index contributed by atoms with van der Waals surface area (Å²) in [5.74, 6) is -0.292. The number of hydrogen-bond donors (Lipinski definition) is 4. The maximum absolute atomic E-state index is 13.6. The lowest BCUT2D eigenvalue weighted by atomic mass is 9.96. The SMILES string of the molecule is CC[C@@H](NC(=O)c1ccc2c(c1)/C(=C(/C(=O)NCCN1CC(C)CC1C)c1ccc[nH]1)C(=O)N2)c1ccccc1. The second-order valence-corrected chi connectivity index (χ2v) is 10.8. The molecule has 0 aliphatic carbocycles. The molecule has 0 radical (unpaired) electrons. The average Bonchev–Trinajstić information content (AvgIpc) is 3.67. The van der Waals surface area contributed by atoms with Gasteiger partial charge in [-0.2, -0.15) is 0 Å². The van der Waals surface area contributed by atoms with Crippen LogP contribution in [-0.2, 0) is 9.59 Å². The van der Waals surface area contributed by atoms with Gasteiger partial charge in [-0.05, 0) is 61.6 Å². The summed E-state index contributed by atoms with van der Waals surface area (Å²) in [6, 6.07) is 18.9. The first kappa shape index (κ1) is 27.4. The highest BCUT2D eigenvalue weighted by Gasteiger charge is 2.33. The Labute approximate surface area is 235 Å². The molecule has 8 nitrogen and oxygen atoms in total. The molecule has 2 unspecified atom stereocenters. The lowest BCUT2D eigenvalue weighted by Crippen LogP contribution is -2.37. The summed E-state index contributed by atoms with van der Waals surface area (Å²) >= 11 is 0. The molecule has 5 rings (SSSR count). The molecule has 8 heteroatoms. The minimum atomic E-state index is -0.370. The number of carbonyl (C=O) groups excluding carboxylic acids is 3. The normalized spacial score (nSPS) is 20.5. The summed E-state index contributed by atoms with van der Waals surface area (Å²) in [6.45, 7) is 8.73. The van der Waals surface area contributed by atoms with Crippen LogP contribution < -0.4 is 16.0 Å². The zero-order valence-corrected chi connectivity index (χ0v) is 23.3. The first-order valence-electron chi connectivity index (χ1n) is 14.1. The average molecular weight is 540 g/mol. The Bertz CT molecular complexity index is 1410. The van der Waals surface area contributed by atoms with Crippen LogP contribution in [0.15, 0.2) is 66.9 Å². The lowest BCUT2D eigenvalue weighted by molar-refractivity contribution is -0.116. The van der Waals surface area contributed by atoms with Gasteiger partial charge in [-0.15, -0.1) is 0 Å². The van der Waals surface area contributed by atoms with Crippen molar-refractivity contribution in [3.8, 4) is 0 Å². The first-order valence-corrected chi connectivity index (χ1v) is 14.1. The van der Waals surface area contributed by atoms with Crippen molar-refractivity contribution in [3.05, 3.63) is 89.2 Å². The van der Waals surface area contributed by atoms with Crippen LogP contribution in [0.5, 0.6) is 0 Å². The highest BCUT2D eigenvalue weighted by molar-refractivity contribution is 6.45. The first-order chi connectivity index (χ1) is 19.4.